The summed E-state index contributed by atoms with van der Waals surface area (Å²) >= 11 is 3.63. The fourth-order valence-corrected chi connectivity index (χ4v) is 10.1. The molecule has 0 bridgehead atoms. The Hall–Kier alpha value is -6.53. The maximum Gasteiger partial charge on any atom is 0.161 e. The van der Waals surface area contributed by atoms with Crippen LogP contribution >= 0.6 is 22.7 Å². The van der Waals surface area contributed by atoms with E-state index in [2.05, 4.69) is 170 Å². The molecule has 0 amide bonds. The molecule has 252 valence electrons. The van der Waals surface area contributed by atoms with Gasteiger partial charge in [-0.15, -0.1) is 22.7 Å². The second-order valence-corrected chi connectivity index (χ2v) is 15.7. The Bertz CT molecular complexity index is 3210. The molecule has 0 aliphatic heterocycles. The Labute approximate surface area is 319 Å². The van der Waals surface area contributed by atoms with Crippen LogP contribution in [0.2, 0.25) is 0 Å². The Morgan fingerprint density at radius 1 is 0.333 bits per heavy atom. The van der Waals surface area contributed by atoms with Gasteiger partial charge in [-0.25, -0.2) is 15.0 Å². The van der Waals surface area contributed by atoms with E-state index in [4.69, 9.17) is 15.0 Å². The average Bonchev–Trinajstić information content (AvgIpc) is 3.82. The monoisotopic (exact) mass is 723 g/mol. The van der Waals surface area contributed by atoms with Crippen molar-refractivity contribution in [3.05, 3.63) is 176 Å². The minimum absolute atomic E-state index is 0.732. The van der Waals surface area contributed by atoms with Gasteiger partial charge in [-0.05, 0) is 41.5 Å². The minimum atomic E-state index is 0.732. The van der Waals surface area contributed by atoms with Crippen LogP contribution < -0.4 is 0 Å². The second-order valence-electron chi connectivity index (χ2n) is 13.5. The van der Waals surface area contributed by atoms with E-state index >= 15 is 0 Å². The standard InChI is InChI=1S/C49H29N3S2/c1-2-12-31(13-3-1)41-29-42(51-49(50-41)40-21-11-20-37-35-16-6-8-22-43(35)53-47(37)40)32-26-24-30(25-27-32)33-14-10-15-34(28-33)45-36-17-4-5-18-38(36)48-46(52-45)39-19-7-9-23-44(39)54-48/h1-29H. The van der Waals surface area contributed by atoms with Crippen molar-refractivity contribution in [1.82, 2.24) is 15.0 Å². The topological polar surface area (TPSA) is 38.7 Å². The highest BCUT2D eigenvalue weighted by Crippen LogP contribution is 2.42. The lowest BCUT2D eigenvalue weighted by molar-refractivity contribution is 1.19. The van der Waals surface area contributed by atoms with E-state index < -0.39 is 0 Å². The van der Waals surface area contributed by atoms with Crippen LogP contribution in [-0.4, -0.2) is 15.0 Å². The first-order chi connectivity index (χ1) is 26.7. The van der Waals surface area contributed by atoms with Gasteiger partial charge in [0.1, 0.15) is 0 Å². The van der Waals surface area contributed by atoms with Crippen LogP contribution in [-0.2, 0) is 0 Å². The minimum Gasteiger partial charge on any atom is -0.246 e. The third-order valence-corrected chi connectivity index (χ3v) is 12.7. The molecule has 0 aliphatic rings. The number of hydrogen-bond acceptors (Lipinski definition) is 5. The molecule has 0 saturated carbocycles. The first kappa shape index (κ1) is 31.0. The zero-order valence-corrected chi connectivity index (χ0v) is 30.5. The van der Waals surface area contributed by atoms with E-state index in [1.165, 1.54) is 45.7 Å². The molecule has 5 heteroatoms. The van der Waals surface area contributed by atoms with Crippen LogP contribution in [0.1, 0.15) is 0 Å². The van der Waals surface area contributed by atoms with Gasteiger partial charge in [-0.1, -0.05) is 146 Å². The van der Waals surface area contributed by atoms with Crippen molar-refractivity contribution >= 4 is 73.9 Å². The summed E-state index contributed by atoms with van der Waals surface area (Å²) in [6.07, 6.45) is 0. The number of thiophene rings is 2. The lowest BCUT2D eigenvalue weighted by atomic mass is 9.97. The SMILES string of the molecule is c1ccc(-c2cc(-c3ccc(-c4cccc(-c5nc6c7ccccc7sc6c6ccccc56)c4)cc3)nc(-c3cccc4c3sc3ccccc34)n2)cc1. The lowest BCUT2D eigenvalue weighted by Gasteiger charge is -2.12. The van der Waals surface area contributed by atoms with Gasteiger partial charge in [0, 0.05) is 63.3 Å². The summed E-state index contributed by atoms with van der Waals surface area (Å²) in [4.78, 5) is 15.7. The highest BCUT2D eigenvalue weighted by molar-refractivity contribution is 7.27. The van der Waals surface area contributed by atoms with Gasteiger partial charge in [0.05, 0.1) is 27.3 Å². The fraction of sp³-hybridized carbons (Fsp3) is 0. The molecule has 0 N–H and O–H groups in total. The van der Waals surface area contributed by atoms with Gasteiger partial charge < -0.3 is 0 Å². The predicted octanol–water partition coefficient (Wildman–Crippen LogP) is 14.1. The number of pyridine rings is 1. The van der Waals surface area contributed by atoms with Gasteiger partial charge in [0.25, 0.3) is 0 Å². The van der Waals surface area contributed by atoms with E-state index in [1.54, 1.807) is 11.3 Å². The largest absolute Gasteiger partial charge is 0.246 e. The zero-order valence-electron chi connectivity index (χ0n) is 28.9. The van der Waals surface area contributed by atoms with Crippen molar-refractivity contribution < 1.29 is 0 Å². The summed E-state index contributed by atoms with van der Waals surface area (Å²) in [5.41, 5.74) is 10.4. The molecule has 4 heterocycles. The number of fused-ring (bicyclic) bond motifs is 8. The maximum absolute atomic E-state index is 5.34. The van der Waals surface area contributed by atoms with Gasteiger partial charge in [0.15, 0.2) is 5.82 Å². The second kappa shape index (κ2) is 12.6. The molecule has 0 fully saturated rings. The summed E-state index contributed by atoms with van der Waals surface area (Å²) in [5, 5.41) is 6.13. The molecule has 0 unspecified atom stereocenters. The smallest absolute Gasteiger partial charge is 0.161 e. The summed E-state index contributed by atoms with van der Waals surface area (Å²) < 4.78 is 4.98. The lowest BCUT2D eigenvalue weighted by Crippen LogP contribution is -1.96. The number of rotatable bonds is 5. The van der Waals surface area contributed by atoms with Crippen LogP contribution in [0.5, 0.6) is 0 Å². The Kier molecular flexibility index (Phi) is 7.22. The molecular formula is C49H29N3S2. The summed E-state index contributed by atoms with van der Waals surface area (Å²) in [6.45, 7) is 0. The van der Waals surface area contributed by atoms with E-state index in [0.29, 0.717) is 0 Å². The number of benzene rings is 7. The molecule has 11 aromatic rings. The van der Waals surface area contributed by atoms with Crippen molar-refractivity contribution in [3.8, 4) is 56.3 Å². The van der Waals surface area contributed by atoms with E-state index in [9.17, 15) is 0 Å². The van der Waals surface area contributed by atoms with Crippen molar-refractivity contribution in [2.24, 2.45) is 0 Å². The van der Waals surface area contributed by atoms with Crippen molar-refractivity contribution in [3.63, 3.8) is 0 Å². The van der Waals surface area contributed by atoms with Gasteiger partial charge in [0.2, 0.25) is 0 Å². The van der Waals surface area contributed by atoms with Crippen LogP contribution in [0.3, 0.4) is 0 Å². The van der Waals surface area contributed by atoms with Crippen LogP contribution in [0, 0.1) is 0 Å². The molecule has 0 aliphatic carbocycles. The Morgan fingerprint density at radius 2 is 0.870 bits per heavy atom. The predicted molar refractivity (Wildman–Crippen MR) is 230 cm³/mol. The average molecular weight is 724 g/mol. The molecule has 0 radical (unpaired) electrons. The highest BCUT2D eigenvalue weighted by Gasteiger charge is 2.17. The molecule has 0 spiro atoms. The Morgan fingerprint density at radius 3 is 1.67 bits per heavy atom. The first-order valence-electron chi connectivity index (χ1n) is 18.0. The normalized spacial score (nSPS) is 11.7. The molecule has 0 atom stereocenters. The van der Waals surface area contributed by atoms with Gasteiger partial charge >= 0.3 is 0 Å². The molecule has 0 saturated heterocycles. The fourth-order valence-electron chi connectivity index (χ4n) is 7.68. The molecule has 54 heavy (non-hydrogen) atoms. The third kappa shape index (κ3) is 5.12. The van der Waals surface area contributed by atoms with Crippen molar-refractivity contribution in [1.29, 1.82) is 0 Å². The summed E-state index contributed by atoms with van der Waals surface area (Å²) in [6, 6.07) is 62.4. The zero-order chi connectivity index (χ0) is 35.6. The van der Waals surface area contributed by atoms with E-state index in [1.807, 2.05) is 17.4 Å². The van der Waals surface area contributed by atoms with Crippen LogP contribution in [0.25, 0.3) is 108 Å². The summed E-state index contributed by atoms with van der Waals surface area (Å²) in [5.74, 6) is 0.732. The van der Waals surface area contributed by atoms with Gasteiger partial charge in [-0.3, -0.25) is 0 Å². The Balaban J connectivity index is 1.01. The first-order valence-corrected chi connectivity index (χ1v) is 19.6. The molecule has 7 aromatic carbocycles. The van der Waals surface area contributed by atoms with E-state index in [0.717, 1.165) is 61.8 Å². The number of aromatic nitrogens is 3. The van der Waals surface area contributed by atoms with E-state index in [-0.39, 0.29) is 0 Å². The molecule has 11 rings (SSSR count). The third-order valence-electron chi connectivity index (χ3n) is 10.3. The summed E-state index contributed by atoms with van der Waals surface area (Å²) in [7, 11) is 0. The number of nitrogens with zero attached hydrogens (tertiary/aromatic N) is 3. The van der Waals surface area contributed by atoms with Gasteiger partial charge in [-0.2, -0.15) is 0 Å². The highest BCUT2D eigenvalue weighted by atomic mass is 32.1. The van der Waals surface area contributed by atoms with Crippen LogP contribution in [0.15, 0.2) is 176 Å². The van der Waals surface area contributed by atoms with Crippen LogP contribution in [0.4, 0.5) is 0 Å². The molecule has 4 aromatic heterocycles. The quantitative estimate of drug-likeness (QED) is 0.177. The molecular weight excluding hydrogens is 695 g/mol. The van der Waals surface area contributed by atoms with Crippen molar-refractivity contribution in [2.45, 2.75) is 0 Å². The number of hydrogen-bond donors (Lipinski definition) is 0. The maximum atomic E-state index is 5.34. The van der Waals surface area contributed by atoms with Crippen molar-refractivity contribution in [2.75, 3.05) is 0 Å². The molecule has 3 nitrogen and oxygen atoms in total.